The Morgan fingerprint density at radius 1 is 0.762 bits per heavy atom. The van der Waals surface area contributed by atoms with E-state index in [1.807, 2.05) is 18.2 Å². The van der Waals surface area contributed by atoms with E-state index in [0.29, 0.717) is 38.5 Å². The summed E-state index contributed by atoms with van der Waals surface area (Å²) in [6.07, 6.45) is 38.5. The number of Topliss-reactive ketones (excluding diaryl/α,β-unsaturated/α-hetero) is 1. The fraction of sp³-hybridized carbons (Fsp3) is 0.625. The van der Waals surface area contributed by atoms with Crippen molar-refractivity contribution in [1.29, 1.82) is 0 Å². The van der Waals surface area contributed by atoms with Gasteiger partial charge in [-0.15, -0.1) is 0 Å². The molecular formula is C48H76NO13P. The highest BCUT2D eigenvalue weighted by atomic mass is 31.2. The lowest BCUT2D eigenvalue weighted by molar-refractivity contribution is -0.161. The minimum absolute atomic E-state index is 0.0158. The molecule has 1 aliphatic carbocycles. The zero-order valence-electron chi connectivity index (χ0n) is 37.6. The molecule has 0 bridgehead atoms. The SMILES string of the molecule is CC/C=C\C/C=C\C/C=C\C/C=C\C/C=C\C/C=C\CCC(=O)O[C@H](COC(=O)CCCCCC[C@H]1C(=O)C[C@@H](O)[C@@H]1/C=C/[C@@H](O)CCCCC)COP(=O)(O)OC[C@H](N)C(=O)O. The Kier molecular flexibility index (Phi) is 33.2. The number of hydrogen-bond donors (Lipinski definition) is 5. The van der Waals surface area contributed by atoms with Gasteiger partial charge >= 0.3 is 25.7 Å². The normalized spacial score (nSPS) is 19.7. The van der Waals surface area contributed by atoms with Gasteiger partial charge in [0.05, 0.1) is 25.4 Å². The van der Waals surface area contributed by atoms with Gasteiger partial charge in [0.2, 0.25) is 0 Å². The number of phosphoric acid groups is 1. The minimum atomic E-state index is -4.80. The zero-order valence-corrected chi connectivity index (χ0v) is 38.5. The standard InChI is InChI=1S/C48H76NO13P/c1-3-5-7-8-9-10-11-12-13-14-15-16-17-18-19-20-21-22-28-32-47(54)62-40(37-60-63(57,58)61-38-43(49)48(55)56)36-59-46(53)31-27-24-23-26-30-41-42(45(52)35-44(41)51)34-33-39(50)29-25-6-4-2/h5,7,9-10,12-13,15-16,18-19,21-22,33-34,39-43,45,50,52H,3-4,6,8,11,14,17,20,23-32,35-38,49H2,1-2H3,(H,55,56)(H,57,58)/b7-5-,10-9-,13-12-,16-15-,19-18-,22-21-,34-33+/t39-,40+,41+,42+,43-,45+/m0/s1. The number of hydrogen-bond acceptors (Lipinski definition) is 12. The van der Waals surface area contributed by atoms with Crippen molar-refractivity contribution in [2.24, 2.45) is 17.6 Å². The van der Waals surface area contributed by atoms with Crippen molar-refractivity contribution in [2.45, 2.75) is 160 Å². The van der Waals surface area contributed by atoms with Crippen LogP contribution < -0.4 is 5.73 Å². The average Bonchev–Trinajstić information content (AvgIpc) is 3.52. The van der Waals surface area contributed by atoms with Crippen molar-refractivity contribution < 1.29 is 62.5 Å². The summed E-state index contributed by atoms with van der Waals surface area (Å²) in [5.41, 5.74) is 5.33. The van der Waals surface area contributed by atoms with Crippen molar-refractivity contribution in [3.63, 3.8) is 0 Å². The van der Waals surface area contributed by atoms with E-state index >= 15 is 0 Å². The van der Waals surface area contributed by atoms with Crippen molar-refractivity contribution in [3.8, 4) is 0 Å². The lowest BCUT2D eigenvalue weighted by atomic mass is 9.88. The van der Waals surface area contributed by atoms with Crippen LogP contribution in [0, 0.1) is 11.8 Å². The third-order valence-electron chi connectivity index (χ3n) is 10.0. The molecule has 1 saturated carbocycles. The van der Waals surface area contributed by atoms with Gasteiger partial charge in [-0.3, -0.25) is 28.2 Å². The van der Waals surface area contributed by atoms with E-state index in [-0.39, 0.29) is 36.9 Å². The molecule has 0 spiro atoms. The Bertz CT molecular complexity index is 1550. The van der Waals surface area contributed by atoms with E-state index in [2.05, 4.69) is 73.1 Å². The number of rotatable bonds is 37. The molecule has 0 aromatic heterocycles. The summed E-state index contributed by atoms with van der Waals surface area (Å²) in [6, 6.07) is -1.57. The van der Waals surface area contributed by atoms with Gasteiger partial charge in [-0.25, -0.2) is 4.57 Å². The van der Waals surface area contributed by atoms with Gasteiger partial charge in [0.25, 0.3) is 0 Å². The molecule has 1 fully saturated rings. The first-order valence-electron chi connectivity index (χ1n) is 22.7. The Labute approximate surface area is 375 Å². The van der Waals surface area contributed by atoms with Gasteiger partial charge in [0.15, 0.2) is 6.10 Å². The Morgan fingerprint density at radius 3 is 1.92 bits per heavy atom. The highest BCUT2D eigenvalue weighted by Crippen LogP contribution is 2.43. The highest BCUT2D eigenvalue weighted by Gasteiger charge is 2.39. The number of ether oxygens (including phenoxy) is 2. The first kappa shape index (κ1) is 57.3. The number of carbonyl (C=O) groups excluding carboxylic acids is 3. The number of aliphatic carboxylic acids is 1. The molecule has 0 radical (unpaired) electrons. The third kappa shape index (κ3) is 30.9. The first-order chi connectivity index (χ1) is 30.3. The van der Waals surface area contributed by atoms with Crippen LogP contribution in [-0.4, -0.2) is 88.1 Å². The largest absolute Gasteiger partial charge is 0.480 e. The molecule has 0 heterocycles. The summed E-state index contributed by atoms with van der Waals surface area (Å²) >= 11 is 0. The van der Waals surface area contributed by atoms with Crippen LogP contribution in [0.1, 0.15) is 136 Å². The van der Waals surface area contributed by atoms with Crippen LogP contribution in [0.25, 0.3) is 0 Å². The molecule has 356 valence electrons. The van der Waals surface area contributed by atoms with Gasteiger partial charge in [-0.05, 0) is 64.2 Å². The molecule has 0 aromatic carbocycles. The Hall–Kier alpha value is -3.75. The molecule has 1 unspecified atom stereocenters. The third-order valence-corrected chi connectivity index (χ3v) is 11.0. The molecule has 1 rings (SSSR count). The summed E-state index contributed by atoms with van der Waals surface area (Å²) in [7, 11) is -4.80. The predicted octanol–water partition coefficient (Wildman–Crippen LogP) is 8.87. The smallest absolute Gasteiger partial charge is 0.472 e. The van der Waals surface area contributed by atoms with Crippen LogP contribution in [0.5, 0.6) is 0 Å². The van der Waals surface area contributed by atoms with E-state index in [9.17, 15) is 38.8 Å². The van der Waals surface area contributed by atoms with E-state index in [1.54, 1.807) is 12.2 Å². The number of aliphatic hydroxyl groups excluding tert-OH is 2. The fourth-order valence-corrected chi connectivity index (χ4v) is 7.23. The average molecular weight is 906 g/mol. The summed E-state index contributed by atoms with van der Waals surface area (Å²) in [4.78, 5) is 58.8. The van der Waals surface area contributed by atoms with Crippen LogP contribution >= 0.6 is 7.82 Å². The van der Waals surface area contributed by atoms with Crippen LogP contribution in [0.2, 0.25) is 0 Å². The molecule has 6 N–H and O–H groups in total. The van der Waals surface area contributed by atoms with Gasteiger partial charge in [-0.2, -0.15) is 0 Å². The monoisotopic (exact) mass is 906 g/mol. The minimum Gasteiger partial charge on any atom is -0.480 e. The van der Waals surface area contributed by atoms with Gasteiger partial charge in [-0.1, -0.05) is 137 Å². The summed E-state index contributed by atoms with van der Waals surface area (Å²) in [5, 5.41) is 29.6. The molecule has 0 amide bonds. The van der Waals surface area contributed by atoms with Crippen molar-refractivity contribution >= 4 is 31.5 Å². The van der Waals surface area contributed by atoms with Crippen molar-refractivity contribution in [1.82, 2.24) is 0 Å². The molecule has 0 saturated heterocycles. The number of aliphatic hydroxyl groups is 2. The van der Waals surface area contributed by atoms with Gasteiger partial charge < -0.3 is 35.4 Å². The van der Waals surface area contributed by atoms with Gasteiger partial charge in [0.1, 0.15) is 18.4 Å². The molecule has 1 aliphatic rings. The number of ketones is 1. The predicted molar refractivity (Wildman–Crippen MR) is 245 cm³/mol. The maximum atomic E-state index is 12.7. The van der Waals surface area contributed by atoms with E-state index in [1.165, 1.54) is 0 Å². The van der Waals surface area contributed by atoms with Crippen LogP contribution in [0.3, 0.4) is 0 Å². The van der Waals surface area contributed by atoms with Crippen LogP contribution in [-0.2, 0) is 42.3 Å². The number of nitrogens with two attached hydrogens (primary N) is 1. The number of unbranched alkanes of at least 4 members (excludes halogenated alkanes) is 5. The maximum Gasteiger partial charge on any atom is 0.472 e. The van der Waals surface area contributed by atoms with Crippen molar-refractivity contribution in [3.05, 3.63) is 85.1 Å². The summed E-state index contributed by atoms with van der Waals surface area (Å²) < 4.78 is 32.6. The topological polar surface area (TPSA) is 229 Å². The number of carbonyl (C=O) groups is 4. The molecule has 0 aliphatic heterocycles. The Morgan fingerprint density at radius 2 is 1.33 bits per heavy atom. The van der Waals surface area contributed by atoms with E-state index in [4.69, 9.17) is 24.8 Å². The lowest BCUT2D eigenvalue weighted by Crippen LogP contribution is -2.34. The second kappa shape index (κ2) is 36.6. The quantitative estimate of drug-likeness (QED) is 0.0170. The number of allylic oxidation sites excluding steroid dienone is 12. The van der Waals surface area contributed by atoms with Gasteiger partial charge in [0, 0.05) is 31.1 Å². The number of carboxylic acid groups (broad SMARTS) is 1. The van der Waals surface area contributed by atoms with Crippen molar-refractivity contribution in [2.75, 3.05) is 19.8 Å². The second-order valence-corrected chi connectivity index (χ2v) is 17.0. The second-order valence-electron chi connectivity index (χ2n) is 15.6. The number of phosphoric ester groups is 1. The first-order valence-corrected chi connectivity index (χ1v) is 24.2. The molecule has 0 aromatic rings. The van der Waals surface area contributed by atoms with E-state index < -0.39 is 69.9 Å². The highest BCUT2D eigenvalue weighted by molar-refractivity contribution is 7.47. The molecule has 15 heteroatoms. The lowest BCUT2D eigenvalue weighted by Gasteiger charge is -2.20. The molecule has 63 heavy (non-hydrogen) atoms. The number of carboxylic acids is 1. The molecule has 14 nitrogen and oxygen atoms in total. The van der Waals surface area contributed by atoms with Crippen LogP contribution in [0.15, 0.2) is 85.1 Å². The maximum absolute atomic E-state index is 12.7. The van der Waals surface area contributed by atoms with Crippen LogP contribution in [0.4, 0.5) is 0 Å². The fourth-order valence-electron chi connectivity index (χ4n) is 6.46. The molecular weight excluding hydrogens is 829 g/mol. The summed E-state index contributed by atoms with van der Waals surface area (Å²) in [6.45, 7) is 2.26. The number of esters is 2. The Balaban J connectivity index is 2.51. The van der Waals surface area contributed by atoms with E-state index in [0.717, 1.165) is 64.2 Å². The summed E-state index contributed by atoms with van der Waals surface area (Å²) in [5.74, 6) is -3.32. The zero-order chi connectivity index (χ0) is 46.6. The molecule has 7 atom stereocenters.